The number of rotatable bonds is 6. The third kappa shape index (κ3) is 3.65. The molecular formula is C19H17Br2NO3. The van der Waals surface area contributed by atoms with E-state index in [4.69, 9.17) is 4.74 Å². The van der Waals surface area contributed by atoms with Crippen molar-refractivity contribution in [3.8, 4) is 5.75 Å². The molecular weight excluding hydrogens is 450 g/mol. The van der Waals surface area contributed by atoms with Crippen LogP contribution < -0.4 is 9.64 Å². The van der Waals surface area contributed by atoms with Crippen LogP contribution in [0.1, 0.15) is 35.7 Å². The van der Waals surface area contributed by atoms with E-state index in [0.717, 1.165) is 28.6 Å². The molecule has 130 valence electrons. The molecule has 2 aromatic rings. The molecule has 1 aliphatic rings. The highest BCUT2D eigenvalue weighted by Crippen LogP contribution is 2.40. The van der Waals surface area contributed by atoms with E-state index >= 15 is 0 Å². The van der Waals surface area contributed by atoms with Crippen molar-refractivity contribution in [3.63, 3.8) is 0 Å². The number of hydrogen-bond acceptors (Lipinski definition) is 3. The highest BCUT2D eigenvalue weighted by atomic mass is 79.9. The number of anilines is 1. The van der Waals surface area contributed by atoms with Crippen molar-refractivity contribution in [1.29, 1.82) is 0 Å². The fraction of sp³-hybridized carbons (Fsp3) is 0.263. The number of carbonyl (C=O) groups excluding carboxylic acids is 2. The fourth-order valence-corrected chi connectivity index (χ4v) is 4.21. The molecule has 1 amide bonds. The van der Waals surface area contributed by atoms with Crippen LogP contribution in [0.2, 0.25) is 0 Å². The predicted molar refractivity (Wildman–Crippen MR) is 104 cm³/mol. The van der Waals surface area contributed by atoms with E-state index in [0.29, 0.717) is 28.9 Å². The smallest absolute Gasteiger partial charge is 0.299 e. The third-order valence-electron chi connectivity index (χ3n) is 4.04. The van der Waals surface area contributed by atoms with Crippen molar-refractivity contribution in [1.82, 2.24) is 0 Å². The molecule has 0 aliphatic carbocycles. The molecule has 0 bridgehead atoms. The number of para-hydroxylation sites is 1. The molecule has 0 aromatic heterocycles. The first kappa shape index (κ1) is 18.1. The van der Waals surface area contributed by atoms with E-state index < -0.39 is 11.7 Å². The van der Waals surface area contributed by atoms with Gasteiger partial charge in [0.2, 0.25) is 0 Å². The highest BCUT2D eigenvalue weighted by Gasteiger charge is 2.38. The SMILES string of the molecule is CCCCOc1ccccc1CN1C(=O)C(=O)c2cc(Br)cc(Br)c21. The monoisotopic (exact) mass is 465 g/mol. The van der Waals surface area contributed by atoms with Crippen LogP contribution in [0.3, 0.4) is 0 Å². The second-order valence-electron chi connectivity index (χ2n) is 5.81. The van der Waals surface area contributed by atoms with Gasteiger partial charge in [-0.15, -0.1) is 0 Å². The molecule has 0 fully saturated rings. The molecule has 0 unspecified atom stereocenters. The Kier molecular flexibility index (Phi) is 5.59. The molecule has 0 N–H and O–H groups in total. The average Bonchev–Trinajstić information content (AvgIpc) is 2.82. The lowest BCUT2D eigenvalue weighted by Crippen LogP contribution is -2.29. The van der Waals surface area contributed by atoms with Gasteiger partial charge in [0.1, 0.15) is 5.75 Å². The topological polar surface area (TPSA) is 46.6 Å². The van der Waals surface area contributed by atoms with E-state index in [1.54, 1.807) is 6.07 Å². The molecule has 6 heteroatoms. The Hall–Kier alpha value is -1.66. The molecule has 1 aliphatic heterocycles. The number of unbranched alkanes of at least 4 members (excludes halogenated alkanes) is 1. The number of halogens is 2. The van der Waals surface area contributed by atoms with Gasteiger partial charge in [-0.2, -0.15) is 0 Å². The first-order valence-electron chi connectivity index (χ1n) is 8.09. The van der Waals surface area contributed by atoms with Crippen molar-refractivity contribution in [2.45, 2.75) is 26.3 Å². The van der Waals surface area contributed by atoms with Crippen LogP contribution in [0, 0.1) is 0 Å². The second-order valence-corrected chi connectivity index (χ2v) is 7.58. The standard InChI is InChI=1S/C19H17Br2NO3/c1-2-3-8-25-16-7-5-4-6-12(16)11-22-17-14(18(23)19(22)24)9-13(20)10-15(17)21/h4-7,9-10H,2-3,8,11H2,1H3. The molecule has 0 spiro atoms. The van der Waals surface area contributed by atoms with Crippen LogP contribution >= 0.6 is 31.9 Å². The van der Waals surface area contributed by atoms with E-state index in [-0.39, 0.29) is 0 Å². The Morgan fingerprint density at radius 3 is 2.64 bits per heavy atom. The van der Waals surface area contributed by atoms with Crippen molar-refractivity contribution >= 4 is 49.2 Å². The number of fused-ring (bicyclic) bond motifs is 1. The van der Waals surface area contributed by atoms with Gasteiger partial charge in [0.25, 0.3) is 11.7 Å². The van der Waals surface area contributed by atoms with Gasteiger partial charge in [0, 0.05) is 14.5 Å². The fourth-order valence-electron chi connectivity index (χ4n) is 2.78. The number of benzene rings is 2. The zero-order chi connectivity index (χ0) is 18.0. The summed E-state index contributed by atoms with van der Waals surface area (Å²) in [5.41, 5.74) is 1.90. The number of ether oxygens (including phenoxy) is 1. The Labute approximate surface area is 163 Å². The normalized spacial score (nSPS) is 13.3. The highest BCUT2D eigenvalue weighted by molar-refractivity contribution is 9.11. The van der Waals surface area contributed by atoms with E-state index in [1.807, 2.05) is 30.3 Å². The summed E-state index contributed by atoms with van der Waals surface area (Å²) >= 11 is 6.83. The summed E-state index contributed by atoms with van der Waals surface area (Å²) in [5, 5.41) is 0. The summed E-state index contributed by atoms with van der Waals surface area (Å²) in [6.45, 7) is 3.03. The van der Waals surface area contributed by atoms with Gasteiger partial charge >= 0.3 is 0 Å². The summed E-state index contributed by atoms with van der Waals surface area (Å²) in [6, 6.07) is 11.1. The quantitative estimate of drug-likeness (QED) is 0.438. The van der Waals surface area contributed by atoms with Crippen molar-refractivity contribution < 1.29 is 14.3 Å². The number of carbonyl (C=O) groups is 2. The third-order valence-corrected chi connectivity index (χ3v) is 5.10. The Bertz CT molecular complexity index is 835. The molecule has 0 saturated heterocycles. The molecule has 0 radical (unpaired) electrons. The summed E-state index contributed by atoms with van der Waals surface area (Å²) < 4.78 is 7.31. The average molecular weight is 467 g/mol. The van der Waals surface area contributed by atoms with E-state index in [1.165, 1.54) is 4.90 Å². The molecule has 2 aromatic carbocycles. The number of amides is 1. The van der Waals surface area contributed by atoms with Gasteiger partial charge in [0.15, 0.2) is 0 Å². The zero-order valence-electron chi connectivity index (χ0n) is 13.7. The molecule has 4 nitrogen and oxygen atoms in total. The maximum Gasteiger partial charge on any atom is 0.299 e. The lowest BCUT2D eigenvalue weighted by Gasteiger charge is -2.20. The number of Topliss-reactive ketones (excluding diaryl/α,β-unsaturated/α-hetero) is 1. The van der Waals surface area contributed by atoms with Crippen LogP contribution in [0.4, 0.5) is 5.69 Å². The first-order chi connectivity index (χ1) is 12.0. The molecule has 0 atom stereocenters. The number of nitrogens with zero attached hydrogens (tertiary/aromatic N) is 1. The van der Waals surface area contributed by atoms with Gasteiger partial charge in [-0.3, -0.25) is 14.5 Å². The minimum absolute atomic E-state index is 0.292. The summed E-state index contributed by atoms with van der Waals surface area (Å²) in [4.78, 5) is 26.3. The Morgan fingerprint density at radius 2 is 1.88 bits per heavy atom. The van der Waals surface area contributed by atoms with Crippen molar-refractivity contribution in [2.24, 2.45) is 0 Å². The van der Waals surface area contributed by atoms with Crippen molar-refractivity contribution in [2.75, 3.05) is 11.5 Å². The predicted octanol–water partition coefficient (Wildman–Crippen LogP) is 5.12. The minimum Gasteiger partial charge on any atom is -0.493 e. The van der Waals surface area contributed by atoms with Gasteiger partial charge in [-0.25, -0.2) is 0 Å². The van der Waals surface area contributed by atoms with Crippen molar-refractivity contribution in [3.05, 3.63) is 56.5 Å². The maximum atomic E-state index is 12.5. The van der Waals surface area contributed by atoms with Gasteiger partial charge in [-0.1, -0.05) is 47.5 Å². The Morgan fingerprint density at radius 1 is 1.12 bits per heavy atom. The first-order valence-corrected chi connectivity index (χ1v) is 9.67. The lowest BCUT2D eigenvalue weighted by atomic mass is 10.1. The van der Waals surface area contributed by atoms with Crippen LogP contribution in [-0.4, -0.2) is 18.3 Å². The molecule has 3 rings (SSSR count). The van der Waals surface area contributed by atoms with Gasteiger partial charge in [0.05, 0.1) is 24.4 Å². The maximum absolute atomic E-state index is 12.5. The largest absolute Gasteiger partial charge is 0.493 e. The van der Waals surface area contributed by atoms with Crippen LogP contribution in [0.15, 0.2) is 45.3 Å². The zero-order valence-corrected chi connectivity index (χ0v) is 16.9. The summed E-state index contributed by atoms with van der Waals surface area (Å²) in [7, 11) is 0. The van der Waals surface area contributed by atoms with E-state index in [2.05, 4.69) is 38.8 Å². The second kappa shape index (κ2) is 7.70. The van der Waals surface area contributed by atoms with Crippen LogP contribution in [0.5, 0.6) is 5.75 Å². The van der Waals surface area contributed by atoms with Crippen LogP contribution in [0.25, 0.3) is 0 Å². The molecule has 0 saturated carbocycles. The molecule has 25 heavy (non-hydrogen) atoms. The minimum atomic E-state index is -0.517. The number of ketones is 1. The van der Waals surface area contributed by atoms with Gasteiger partial charge < -0.3 is 4.74 Å². The summed E-state index contributed by atoms with van der Waals surface area (Å²) in [6.07, 6.45) is 2.02. The number of hydrogen-bond donors (Lipinski definition) is 0. The lowest BCUT2D eigenvalue weighted by molar-refractivity contribution is -0.114. The molecule has 1 heterocycles. The van der Waals surface area contributed by atoms with E-state index in [9.17, 15) is 9.59 Å². The summed E-state index contributed by atoms with van der Waals surface area (Å²) in [5.74, 6) is -0.253. The van der Waals surface area contributed by atoms with Gasteiger partial charge in [-0.05, 0) is 40.5 Å². The van der Waals surface area contributed by atoms with Crippen LogP contribution in [-0.2, 0) is 11.3 Å². The Balaban J connectivity index is 1.93.